The molecule has 1 aromatic carbocycles. The number of sulfonamides is 1. The van der Waals surface area contributed by atoms with E-state index in [1.807, 2.05) is 0 Å². The highest BCUT2D eigenvalue weighted by atomic mass is 32.2. The predicted octanol–water partition coefficient (Wildman–Crippen LogP) is 3.04. The molecule has 0 aliphatic rings. The van der Waals surface area contributed by atoms with Crippen LogP contribution in [0.2, 0.25) is 0 Å². The molecule has 1 unspecified atom stereocenters. The lowest BCUT2D eigenvalue weighted by atomic mass is 10.1. The van der Waals surface area contributed by atoms with Crippen LogP contribution in [0, 0.1) is 5.92 Å². The third kappa shape index (κ3) is 5.35. The highest BCUT2D eigenvalue weighted by Gasteiger charge is 2.18. The van der Waals surface area contributed by atoms with Crippen LogP contribution in [-0.2, 0) is 21.4 Å². The maximum Gasteiger partial charge on any atom is 0.266 e. The van der Waals surface area contributed by atoms with E-state index in [1.165, 1.54) is 58.8 Å². The third-order valence-electron chi connectivity index (χ3n) is 4.62. The first-order valence-corrected chi connectivity index (χ1v) is 12.1. The van der Waals surface area contributed by atoms with Crippen molar-refractivity contribution in [3.8, 4) is 11.5 Å². The average Bonchev–Trinajstić information content (AvgIpc) is 3.50. The Morgan fingerprint density at radius 3 is 2.64 bits per heavy atom. The summed E-state index contributed by atoms with van der Waals surface area (Å²) in [6.45, 7) is 1.73. The van der Waals surface area contributed by atoms with E-state index >= 15 is 0 Å². The minimum Gasteiger partial charge on any atom is -0.463 e. The lowest BCUT2D eigenvalue weighted by Crippen LogP contribution is -2.31. The van der Waals surface area contributed by atoms with Crippen LogP contribution in [-0.4, -0.2) is 29.1 Å². The van der Waals surface area contributed by atoms with E-state index in [9.17, 15) is 18.0 Å². The lowest BCUT2D eigenvalue weighted by Gasteiger charge is -2.14. The summed E-state index contributed by atoms with van der Waals surface area (Å²) in [5, 5.41) is 8.91. The normalized spacial score (nSPS) is 12.3. The summed E-state index contributed by atoms with van der Waals surface area (Å²) in [7, 11) is -3.78. The topological polar surface area (TPSA) is 136 Å². The molecule has 0 fully saturated rings. The predicted molar refractivity (Wildman–Crippen MR) is 123 cm³/mol. The molecule has 1 atom stereocenters. The Bertz CT molecular complexity index is 1400. The highest BCUT2D eigenvalue weighted by molar-refractivity contribution is 7.93. The van der Waals surface area contributed by atoms with Gasteiger partial charge < -0.3 is 9.73 Å². The van der Waals surface area contributed by atoms with Crippen LogP contribution in [0.15, 0.2) is 80.5 Å². The molecule has 3 heterocycles. The number of furan rings is 1. The Kier molecular flexibility index (Phi) is 6.38. The molecule has 33 heavy (non-hydrogen) atoms. The molecule has 4 rings (SSSR count). The number of thiazole rings is 1. The standard InChI is InChI=1S/C21H19N5O5S2/c1-14(13-26-19(27)9-8-17(24-26)18-3-2-11-31-18)20(28)23-15-4-6-16(7-5-15)33(29,30)25-21-22-10-12-32-21/h2-12,14H,13H2,1H3,(H,22,25)(H,23,28). The molecule has 4 aromatic rings. The number of anilines is 2. The Balaban J connectivity index is 1.41. The Hall–Kier alpha value is -3.77. The summed E-state index contributed by atoms with van der Waals surface area (Å²) >= 11 is 1.17. The zero-order valence-electron chi connectivity index (χ0n) is 17.3. The van der Waals surface area contributed by atoms with Gasteiger partial charge in [0, 0.05) is 23.3 Å². The van der Waals surface area contributed by atoms with Crippen LogP contribution < -0.4 is 15.6 Å². The number of nitrogens with zero attached hydrogens (tertiary/aromatic N) is 3. The van der Waals surface area contributed by atoms with Gasteiger partial charge in [-0.15, -0.1) is 11.3 Å². The molecular formula is C21H19N5O5S2. The van der Waals surface area contributed by atoms with Crippen LogP contribution in [0.25, 0.3) is 11.5 Å². The third-order valence-corrected chi connectivity index (χ3v) is 6.79. The number of hydrogen-bond donors (Lipinski definition) is 2. The van der Waals surface area contributed by atoms with Crippen LogP contribution in [0.1, 0.15) is 6.92 Å². The van der Waals surface area contributed by atoms with Gasteiger partial charge in [-0.05, 0) is 42.5 Å². The van der Waals surface area contributed by atoms with Crippen LogP contribution in [0.3, 0.4) is 0 Å². The zero-order chi connectivity index (χ0) is 23.4. The van der Waals surface area contributed by atoms with Crippen LogP contribution in [0.5, 0.6) is 0 Å². The molecule has 1 amide bonds. The van der Waals surface area contributed by atoms with Crippen molar-refractivity contribution in [2.45, 2.75) is 18.4 Å². The molecule has 3 aromatic heterocycles. The Morgan fingerprint density at radius 1 is 1.18 bits per heavy atom. The van der Waals surface area contributed by atoms with E-state index < -0.39 is 15.9 Å². The quantitative estimate of drug-likeness (QED) is 0.391. The minimum atomic E-state index is -3.78. The fourth-order valence-corrected chi connectivity index (χ4v) is 4.70. The molecule has 2 N–H and O–H groups in total. The van der Waals surface area contributed by atoms with E-state index in [2.05, 4.69) is 20.1 Å². The van der Waals surface area contributed by atoms with Gasteiger partial charge >= 0.3 is 0 Å². The maximum absolute atomic E-state index is 12.6. The molecule has 0 saturated heterocycles. The monoisotopic (exact) mass is 485 g/mol. The average molecular weight is 486 g/mol. The molecule has 0 aliphatic carbocycles. The van der Waals surface area contributed by atoms with Crippen molar-refractivity contribution >= 4 is 38.1 Å². The Labute approximate surface area is 193 Å². The van der Waals surface area contributed by atoms with Crippen LogP contribution >= 0.6 is 11.3 Å². The van der Waals surface area contributed by atoms with E-state index in [0.29, 0.717) is 17.1 Å². The van der Waals surface area contributed by atoms with Crippen molar-refractivity contribution in [3.05, 3.63) is 76.7 Å². The first kappa shape index (κ1) is 22.4. The number of benzene rings is 1. The van der Waals surface area contributed by atoms with Gasteiger partial charge in [-0.2, -0.15) is 5.10 Å². The van der Waals surface area contributed by atoms with Crippen molar-refractivity contribution in [1.82, 2.24) is 14.8 Å². The summed E-state index contributed by atoms with van der Waals surface area (Å²) in [4.78, 5) is 28.7. The van der Waals surface area contributed by atoms with Crippen LogP contribution in [0.4, 0.5) is 10.8 Å². The van der Waals surface area contributed by atoms with E-state index in [-0.39, 0.29) is 28.0 Å². The Morgan fingerprint density at radius 2 is 1.97 bits per heavy atom. The molecule has 170 valence electrons. The van der Waals surface area contributed by atoms with Crippen molar-refractivity contribution in [1.29, 1.82) is 0 Å². The van der Waals surface area contributed by atoms with Gasteiger partial charge in [0.15, 0.2) is 10.9 Å². The van der Waals surface area contributed by atoms with Gasteiger partial charge in [-0.25, -0.2) is 18.1 Å². The fraction of sp³-hybridized carbons (Fsp3) is 0.143. The maximum atomic E-state index is 12.6. The second-order valence-corrected chi connectivity index (χ2v) is 9.65. The second kappa shape index (κ2) is 9.38. The molecule has 0 spiro atoms. The highest BCUT2D eigenvalue weighted by Crippen LogP contribution is 2.20. The molecule has 10 nitrogen and oxygen atoms in total. The first-order chi connectivity index (χ1) is 15.8. The fourth-order valence-electron chi connectivity index (χ4n) is 2.91. The van der Waals surface area contributed by atoms with Crippen molar-refractivity contribution < 1.29 is 17.6 Å². The molecule has 0 radical (unpaired) electrons. The number of aromatic nitrogens is 3. The molecular weight excluding hydrogens is 466 g/mol. The SMILES string of the molecule is CC(Cn1nc(-c2ccco2)ccc1=O)C(=O)Nc1ccc(S(=O)(=O)Nc2nccs2)cc1. The number of carbonyl (C=O) groups is 1. The molecule has 0 saturated carbocycles. The zero-order valence-corrected chi connectivity index (χ0v) is 19.0. The minimum absolute atomic E-state index is 0.0363. The van der Waals surface area contributed by atoms with E-state index in [1.54, 1.807) is 30.5 Å². The molecule has 0 bridgehead atoms. The number of amides is 1. The summed E-state index contributed by atoms with van der Waals surface area (Å²) in [6.07, 6.45) is 3.01. The van der Waals surface area contributed by atoms with Crippen molar-refractivity contribution in [2.24, 2.45) is 5.92 Å². The van der Waals surface area contributed by atoms with Crippen molar-refractivity contribution in [3.63, 3.8) is 0 Å². The van der Waals surface area contributed by atoms with Gasteiger partial charge in [0.2, 0.25) is 5.91 Å². The lowest BCUT2D eigenvalue weighted by molar-refractivity contribution is -0.119. The van der Waals surface area contributed by atoms with Gasteiger partial charge in [0.05, 0.1) is 23.6 Å². The van der Waals surface area contributed by atoms with E-state index in [4.69, 9.17) is 4.42 Å². The van der Waals surface area contributed by atoms with Gasteiger partial charge in [-0.1, -0.05) is 6.92 Å². The smallest absolute Gasteiger partial charge is 0.266 e. The van der Waals surface area contributed by atoms with Gasteiger partial charge in [-0.3, -0.25) is 14.3 Å². The number of nitrogens with one attached hydrogen (secondary N) is 2. The van der Waals surface area contributed by atoms with Gasteiger partial charge in [0.25, 0.3) is 15.6 Å². The number of carbonyl (C=O) groups excluding carboxylic acids is 1. The van der Waals surface area contributed by atoms with Crippen molar-refractivity contribution in [2.75, 3.05) is 10.0 Å². The molecule has 12 heteroatoms. The molecule has 0 aliphatic heterocycles. The summed E-state index contributed by atoms with van der Waals surface area (Å²) in [5.41, 5.74) is 0.562. The largest absolute Gasteiger partial charge is 0.463 e. The van der Waals surface area contributed by atoms with Gasteiger partial charge in [0.1, 0.15) is 5.69 Å². The summed E-state index contributed by atoms with van der Waals surface area (Å²) < 4.78 is 33.7. The summed E-state index contributed by atoms with van der Waals surface area (Å²) in [6, 6.07) is 12.1. The first-order valence-electron chi connectivity index (χ1n) is 9.77. The number of hydrogen-bond acceptors (Lipinski definition) is 8. The second-order valence-electron chi connectivity index (χ2n) is 7.07. The number of rotatable bonds is 8. The van der Waals surface area contributed by atoms with E-state index in [0.717, 1.165) is 0 Å². The summed E-state index contributed by atoms with van der Waals surface area (Å²) in [5.74, 6) is -0.416.